The number of piperidine rings is 1. The molecule has 2 aromatic rings. The maximum atomic E-state index is 11.1. The Morgan fingerprint density at radius 1 is 0.913 bits per heavy atom. The molecule has 0 saturated carbocycles. The monoisotopic (exact) mass is 312 g/mol. The van der Waals surface area contributed by atoms with E-state index >= 15 is 0 Å². The Morgan fingerprint density at radius 3 is 2.26 bits per heavy atom. The van der Waals surface area contributed by atoms with Crippen LogP contribution in [-0.4, -0.2) is 31.1 Å². The summed E-state index contributed by atoms with van der Waals surface area (Å²) in [6.45, 7) is 4.39. The lowest BCUT2D eigenvalue weighted by atomic mass is 10.1. The van der Waals surface area contributed by atoms with Crippen LogP contribution in [-0.2, 0) is 0 Å². The van der Waals surface area contributed by atoms with Crippen molar-refractivity contribution in [3.8, 4) is 16.9 Å². The highest BCUT2D eigenvalue weighted by Gasteiger charge is 2.09. The summed E-state index contributed by atoms with van der Waals surface area (Å²) >= 11 is 0. The number of pyridine rings is 1. The lowest BCUT2D eigenvalue weighted by molar-refractivity contribution is -0.605. The molecule has 3 rings (SSSR count). The number of aromatic nitrogens is 1. The van der Waals surface area contributed by atoms with E-state index in [9.17, 15) is 5.21 Å². The highest BCUT2D eigenvalue weighted by molar-refractivity contribution is 5.63. The first-order chi connectivity index (χ1) is 11.3. The van der Waals surface area contributed by atoms with Crippen LogP contribution < -0.4 is 9.47 Å². The molecule has 0 radical (unpaired) electrons. The molecule has 0 aliphatic carbocycles. The first-order valence-corrected chi connectivity index (χ1v) is 8.46. The zero-order valence-corrected chi connectivity index (χ0v) is 13.5. The van der Waals surface area contributed by atoms with Gasteiger partial charge >= 0.3 is 0 Å². The molecule has 1 aromatic heterocycles. The summed E-state index contributed by atoms with van der Waals surface area (Å²) in [5, 5.41) is 11.1. The molecule has 0 atom stereocenters. The van der Waals surface area contributed by atoms with Crippen molar-refractivity contribution in [1.29, 1.82) is 0 Å². The number of hydrogen-bond donors (Lipinski definition) is 0. The van der Waals surface area contributed by atoms with Crippen molar-refractivity contribution in [2.75, 3.05) is 26.2 Å². The molecular formula is C19H24N2O2. The highest BCUT2D eigenvalue weighted by Crippen LogP contribution is 2.21. The van der Waals surface area contributed by atoms with Crippen LogP contribution >= 0.6 is 0 Å². The van der Waals surface area contributed by atoms with Crippen molar-refractivity contribution >= 4 is 0 Å². The van der Waals surface area contributed by atoms with Crippen molar-refractivity contribution in [3.05, 3.63) is 54.0 Å². The molecule has 1 aliphatic heterocycles. The molecule has 0 unspecified atom stereocenters. The fourth-order valence-electron chi connectivity index (χ4n) is 3.01. The molecule has 23 heavy (non-hydrogen) atoms. The summed E-state index contributed by atoms with van der Waals surface area (Å²) in [4.78, 5) is 2.54. The molecule has 4 nitrogen and oxygen atoms in total. The van der Waals surface area contributed by atoms with E-state index < -0.39 is 0 Å². The summed E-state index contributed by atoms with van der Waals surface area (Å²) in [5.74, 6) is 0.905. The third kappa shape index (κ3) is 4.70. The lowest BCUT2D eigenvalue weighted by Crippen LogP contribution is -2.31. The molecule has 2 heterocycles. The van der Waals surface area contributed by atoms with Crippen LogP contribution in [0.3, 0.4) is 0 Å². The Kier molecular flexibility index (Phi) is 5.48. The normalized spacial score (nSPS) is 15.5. The fourth-order valence-corrected chi connectivity index (χ4v) is 3.01. The van der Waals surface area contributed by atoms with Gasteiger partial charge in [-0.15, -0.1) is 0 Å². The van der Waals surface area contributed by atoms with Crippen LogP contribution in [0.15, 0.2) is 48.8 Å². The third-order valence-electron chi connectivity index (χ3n) is 4.33. The number of hydrogen-bond acceptors (Lipinski definition) is 3. The molecule has 1 saturated heterocycles. The quantitative estimate of drug-likeness (QED) is 0.467. The molecule has 4 heteroatoms. The van der Waals surface area contributed by atoms with Crippen molar-refractivity contribution in [1.82, 2.24) is 4.90 Å². The Morgan fingerprint density at radius 2 is 1.57 bits per heavy atom. The second kappa shape index (κ2) is 7.97. The van der Waals surface area contributed by atoms with Crippen LogP contribution in [0.2, 0.25) is 0 Å². The van der Waals surface area contributed by atoms with E-state index in [1.807, 2.05) is 36.4 Å². The highest BCUT2D eigenvalue weighted by atomic mass is 16.5. The summed E-state index contributed by atoms with van der Waals surface area (Å²) < 4.78 is 6.62. The van der Waals surface area contributed by atoms with E-state index in [4.69, 9.17) is 4.74 Å². The van der Waals surface area contributed by atoms with Gasteiger partial charge in [-0.1, -0.05) is 18.6 Å². The summed E-state index contributed by atoms with van der Waals surface area (Å²) in [7, 11) is 0. The van der Waals surface area contributed by atoms with Crippen molar-refractivity contribution in [2.45, 2.75) is 25.7 Å². The largest absolute Gasteiger partial charge is 0.619 e. The van der Waals surface area contributed by atoms with E-state index in [0.29, 0.717) is 0 Å². The maximum Gasteiger partial charge on any atom is 0.180 e. The zero-order chi connectivity index (χ0) is 15.9. The van der Waals surface area contributed by atoms with E-state index in [2.05, 4.69) is 4.90 Å². The first kappa shape index (κ1) is 15.8. The van der Waals surface area contributed by atoms with Crippen molar-refractivity contribution in [2.24, 2.45) is 0 Å². The van der Waals surface area contributed by atoms with Gasteiger partial charge in [0.2, 0.25) is 0 Å². The smallest absolute Gasteiger partial charge is 0.180 e. The fraction of sp³-hybridized carbons (Fsp3) is 0.421. The molecule has 0 amide bonds. The average molecular weight is 312 g/mol. The second-order valence-corrected chi connectivity index (χ2v) is 6.08. The van der Waals surface area contributed by atoms with Crippen molar-refractivity contribution in [3.63, 3.8) is 0 Å². The predicted octanol–water partition coefficient (Wildman–Crippen LogP) is 3.24. The summed E-state index contributed by atoms with van der Waals surface area (Å²) in [6, 6.07) is 11.7. The zero-order valence-electron chi connectivity index (χ0n) is 13.5. The predicted molar refractivity (Wildman–Crippen MR) is 91.2 cm³/mol. The lowest BCUT2D eigenvalue weighted by Gasteiger charge is -2.26. The Balaban J connectivity index is 1.45. The van der Waals surface area contributed by atoms with Crippen LogP contribution in [0.1, 0.15) is 25.7 Å². The molecule has 1 aromatic carbocycles. The molecule has 0 spiro atoms. The SMILES string of the molecule is [O-][n+]1ccc(-c2ccc(OCCCN3CCCCC3)cc2)cc1. The topological polar surface area (TPSA) is 39.4 Å². The standard InChI is InChI=1S/C19H24N2O2/c22-21-14-9-18(10-15-21)17-5-7-19(8-6-17)23-16-4-13-20-11-2-1-3-12-20/h5-10,14-15H,1-4,11-13,16H2. The van der Waals surface area contributed by atoms with E-state index in [0.717, 1.165) is 41.2 Å². The second-order valence-electron chi connectivity index (χ2n) is 6.08. The van der Waals surface area contributed by atoms with Crippen LogP contribution in [0.25, 0.3) is 11.1 Å². The van der Waals surface area contributed by atoms with Gasteiger partial charge in [0.1, 0.15) is 5.75 Å². The summed E-state index contributed by atoms with van der Waals surface area (Å²) in [6.07, 6.45) is 8.17. The number of benzene rings is 1. The third-order valence-corrected chi connectivity index (χ3v) is 4.33. The first-order valence-electron chi connectivity index (χ1n) is 8.46. The Labute approximate surface area is 137 Å². The maximum absolute atomic E-state index is 11.1. The number of ether oxygens (including phenoxy) is 1. The van der Waals surface area contributed by atoms with E-state index in [1.54, 1.807) is 0 Å². The van der Waals surface area contributed by atoms with Gasteiger partial charge in [0.15, 0.2) is 12.4 Å². The number of rotatable bonds is 6. The van der Waals surface area contributed by atoms with Gasteiger partial charge in [-0.2, -0.15) is 4.73 Å². The van der Waals surface area contributed by atoms with Gasteiger partial charge in [-0.25, -0.2) is 0 Å². The Hall–Kier alpha value is -2.07. The van der Waals surface area contributed by atoms with Gasteiger partial charge in [-0.05, 0) is 55.6 Å². The molecule has 0 bridgehead atoms. The van der Waals surface area contributed by atoms with Gasteiger partial charge in [-0.3, -0.25) is 0 Å². The van der Waals surface area contributed by atoms with Crippen LogP contribution in [0, 0.1) is 5.21 Å². The van der Waals surface area contributed by atoms with Gasteiger partial charge in [0, 0.05) is 18.7 Å². The van der Waals surface area contributed by atoms with Crippen LogP contribution in [0.5, 0.6) is 5.75 Å². The van der Waals surface area contributed by atoms with Gasteiger partial charge in [0.05, 0.1) is 6.61 Å². The van der Waals surface area contributed by atoms with E-state index in [-0.39, 0.29) is 0 Å². The van der Waals surface area contributed by atoms with Gasteiger partial charge < -0.3 is 14.8 Å². The molecule has 0 N–H and O–H groups in total. The van der Waals surface area contributed by atoms with Crippen LogP contribution in [0.4, 0.5) is 0 Å². The molecule has 1 aliphatic rings. The van der Waals surface area contributed by atoms with Gasteiger partial charge in [0.25, 0.3) is 0 Å². The number of nitrogens with zero attached hydrogens (tertiary/aromatic N) is 2. The minimum Gasteiger partial charge on any atom is -0.619 e. The van der Waals surface area contributed by atoms with E-state index in [1.165, 1.54) is 44.7 Å². The Bertz CT molecular complexity index is 590. The minimum absolute atomic E-state index is 0.761. The average Bonchev–Trinajstić information content (AvgIpc) is 2.61. The molecule has 1 fully saturated rings. The van der Waals surface area contributed by atoms with Crippen molar-refractivity contribution < 1.29 is 9.47 Å². The minimum atomic E-state index is 0.761. The molecular weight excluding hydrogens is 288 g/mol. The summed E-state index contributed by atoms with van der Waals surface area (Å²) in [5.41, 5.74) is 2.13. The molecule has 122 valence electrons. The number of likely N-dealkylation sites (tertiary alicyclic amines) is 1.